The highest BCUT2D eigenvalue weighted by Crippen LogP contribution is 2.23. The second kappa shape index (κ2) is 6.35. The number of benzene rings is 1. The van der Waals surface area contributed by atoms with Crippen molar-refractivity contribution in [3.05, 3.63) is 35.4 Å². The molecular formula is C16H26N2. The van der Waals surface area contributed by atoms with Crippen LogP contribution >= 0.6 is 0 Å². The molecule has 1 aromatic rings. The second-order valence-corrected chi connectivity index (χ2v) is 5.64. The summed E-state index contributed by atoms with van der Waals surface area (Å²) < 4.78 is 0. The van der Waals surface area contributed by atoms with Crippen LogP contribution in [0.15, 0.2) is 24.3 Å². The fourth-order valence-corrected chi connectivity index (χ4v) is 2.62. The summed E-state index contributed by atoms with van der Waals surface area (Å²) in [5.74, 6) is 0.622. The van der Waals surface area contributed by atoms with E-state index in [4.69, 9.17) is 0 Å². The average molecular weight is 246 g/mol. The Morgan fingerprint density at radius 3 is 2.28 bits per heavy atom. The van der Waals surface area contributed by atoms with E-state index in [1.54, 1.807) is 0 Å². The van der Waals surface area contributed by atoms with Crippen LogP contribution in [0.25, 0.3) is 0 Å². The van der Waals surface area contributed by atoms with E-state index in [2.05, 4.69) is 55.3 Å². The predicted molar refractivity (Wildman–Crippen MR) is 78.0 cm³/mol. The zero-order chi connectivity index (χ0) is 13.0. The molecule has 1 N–H and O–H groups in total. The predicted octanol–water partition coefficient (Wildman–Crippen LogP) is 3.17. The molecule has 1 fully saturated rings. The molecule has 1 heterocycles. The standard InChI is InChI=1S/C16H26N2/c1-13(2)15-5-7-16(8-6-15)14(3)18-11-4-9-17-10-12-18/h5-8,13-14,17H,4,9-12H2,1-3H3. The van der Waals surface area contributed by atoms with Crippen LogP contribution in [0.2, 0.25) is 0 Å². The average Bonchev–Trinajstić information content (AvgIpc) is 2.67. The summed E-state index contributed by atoms with van der Waals surface area (Å²) in [6.45, 7) is 11.5. The Balaban J connectivity index is 2.05. The van der Waals surface area contributed by atoms with Gasteiger partial charge in [-0.05, 0) is 43.5 Å². The third-order valence-electron chi connectivity index (χ3n) is 4.01. The minimum atomic E-state index is 0.533. The maximum Gasteiger partial charge on any atom is 0.0320 e. The Bertz CT molecular complexity index is 348. The molecule has 0 saturated carbocycles. The highest BCUT2D eigenvalue weighted by atomic mass is 15.2. The first-order valence-corrected chi connectivity index (χ1v) is 7.23. The summed E-state index contributed by atoms with van der Waals surface area (Å²) in [7, 11) is 0. The summed E-state index contributed by atoms with van der Waals surface area (Å²) >= 11 is 0. The monoisotopic (exact) mass is 246 g/mol. The number of nitrogens with zero attached hydrogens (tertiary/aromatic N) is 1. The topological polar surface area (TPSA) is 15.3 Å². The van der Waals surface area contributed by atoms with Gasteiger partial charge in [0.1, 0.15) is 0 Å². The highest BCUT2D eigenvalue weighted by molar-refractivity contribution is 5.26. The van der Waals surface area contributed by atoms with Crippen LogP contribution in [0.5, 0.6) is 0 Å². The lowest BCUT2D eigenvalue weighted by atomic mass is 9.99. The van der Waals surface area contributed by atoms with Crippen LogP contribution in [0.4, 0.5) is 0 Å². The SMILES string of the molecule is CC(C)c1ccc(C(C)N2CCCNCC2)cc1. The molecule has 0 aromatic heterocycles. The van der Waals surface area contributed by atoms with Crippen LogP contribution in [-0.2, 0) is 0 Å². The van der Waals surface area contributed by atoms with E-state index < -0.39 is 0 Å². The van der Waals surface area contributed by atoms with Gasteiger partial charge in [0.15, 0.2) is 0 Å². The van der Waals surface area contributed by atoms with Gasteiger partial charge in [0.25, 0.3) is 0 Å². The van der Waals surface area contributed by atoms with Crippen molar-refractivity contribution in [2.75, 3.05) is 26.2 Å². The van der Waals surface area contributed by atoms with E-state index in [-0.39, 0.29) is 0 Å². The van der Waals surface area contributed by atoms with Crippen LogP contribution in [-0.4, -0.2) is 31.1 Å². The first kappa shape index (κ1) is 13.6. The van der Waals surface area contributed by atoms with Gasteiger partial charge in [-0.3, -0.25) is 4.90 Å². The minimum absolute atomic E-state index is 0.533. The van der Waals surface area contributed by atoms with E-state index in [9.17, 15) is 0 Å². The zero-order valence-corrected chi connectivity index (χ0v) is 11.9. The van der Waals surface area contributed by atoms with Crippen molar-refractivity contribution in [2.24, 2.45) is 0 Å². The Morgan fingerprint density at radius 2 is 1.61 bits per heavy atom. The molecule has 0 amide bonds. The summed E-state index contributed by atoms with van der Waals surface area (Å²) in [6.07, 6.45) is 1.26. The van der Waals surface area contributed by atoms with E-state index in [1.165, 1.54) is 24.1 Å². The van der Waals surface area contributed by atoms with Gasteiger partial charge < -0.3 is 5.32 Å². The van der Waals surface area contributed by atoms with Crippen LogP contribution < -0.4 is 5.32 Å². The minimum Gasteiger partial charge on any atom is -0.315 e. The molecule has 0 spiro atoms. The Hall–Kier alpha value is -0.860. The molecule has 0 radical (unpaired) electrons. The Labute approximate surface area is 111 Å². The van der Waals surface area contributed by atoms with Gasteiger partial charge >= 0.3 is 0 Å². The van der Waals surface area contributed by atoms with Crippen molar-refractivity contribution in [3.63, 3.8) is 0 Å². The van der Waals surface area contributed by atoms with E-state index >= 15 is 0 Å². The van der Waals surface area contributed by atoms with Crippen molar-refractivity contribution in [3.8, 4) is 0 Å². The van der Waals surface area contributed by atoms with Crippen molar-refractivity contribution in [1.82, 2.24) is 10.2 Å². The fourth-order valence-electron chi connectivity index (χ4n) is 2.62. The number of hydrogen-bond donors (Lipinski definition) is 1. The molecule has 2 rings (SSSR count). The largest absolute Gasteiger partial charge is 0.315 e. The number of nitrogens with one attached hydrogen (secondary N) is 1. The van der Waals surface area contributed by atoms with Gasteiger partial charge in [-0.1, -0.05) is 38.1 Å². The molecule has 1 unspecified atom stereocenters. The van der Waals surface area contributed by atoms with Gasteiger partial charge in [0.2, 0.25) is 0 Å². The van der Waals surface area contributed by atoms with Crippen molar-refractivity contribution < 1.29 is 0 Å². The van der Waals surface area contributed by atoms with Gasteiger partial charge in [0.05, 0.1) is 0 Å². The molecule has 2 heteroatoms. The van der Waals surface area contributed by atoms with Crippen LogP contribution in [0, 0.1) is 0 Å². The van der Waals surface area contributed by atoms with E-state index in [0.29, 0.717) is 12.0 Å². The molecule has 1 aliphatic heterocycles. The third kappa shape index (κ3) is 3.33. The highest BCUT2D eigenvalue weighted by Gasteiger charge is 2.16. The molecule has 1 aromatic carbocycles. The smallest absolute Gasteiger partial charge is 0.0320 e. The summed E-state index contributed by atoms with van der Waals surface area (Å²) in [5.41, 5.74) is 2.88. The van der Waals surface area contributed by atoms with Crippen LogP contribution in [0.1, 0.15) is 50.3 Å². The zero-order valence-electron chi connectivity index (χ0n) is 11.9. The molecule has 0 bridgehead atoms. The summed E-state index contributed by atoms with van der Waals surface area (Å²) in [5, 5.41) is 3.47. The number of hydrogen-bond acceptors (Lipinski definition) is 2. The first-order chi connectivity index (χ1) is 8.68. The third-order valence-corrected chi connectivity index (χ3v) is 4.01. The van der Waals surface area contributed by atoms with Gasteiger partial charge in [0, 0.05) is 19.1 Å². The normalized spacial score (nSPS) is 19.8. The summed E-state index contributed by atoms with van der Waals surface area (Å²) in [6, 6.07) is 9.71. The summed E-state index contributed by atoms with van der Waals surface area (Å²) in [4.78, 5) is 2.59. The Kier molecular flexibility index (Phi) is 4.79. The molecule has 18 heavy (non-hydrogen) atoms. The Morgan fingerprint density at radius 1 is 0.944 bits per heavy atom. The van der Waals surface area contributed by atoms with E-state index in [0.717, 1.165) is 19.6 Å². The maximum atomic E-state index is 3.47. The van der Waals surface area contributed by atoms with E-state index in [1.807, 2.05) is 0 Å². The molecule has 1 saturated heterocycles. The van der Waals surface area contributed by atoms with Crippen LogP contribution in [0.3, 0.4) is 0 Å². The van der Waals surface area contributed by atoms with Gasteiger partial charge in [-0.15, -0.1) is 0 Å². The lowest BCUT2D eigenvalue weighted by molar-refractivity contribution is 0.225. The number of rotatable bonds is 3. The quantitative estimate of drug-likeness (QED) is 0.881. The molecule has 2 nitrogen and oxygen atoms in total. The van der Waals surface area contributed by atoms with Crippen molar-refractivity contribution in [2.45, 2.75) is 39.2 Å². The molecule has 0 aliphatic carbocycles. The maximum absolute atomic E-state index is 3.47. The van der Waals surface area contributed by atoms with Gasteiger partial charge in [-0.25, -0.2) is 0 Å². The molecule has 1 aliphatic rings. The lowest BCUT2D eigenvalue weighted by Crippen LogP contribution is -2.30. The van der Waals surface area contributed by atoms with Gasteiger partial charge in [-0.2, -0.15) is 0 Å². The molecular weight excluding hydrogens is 220 g/mol. The first-order valence-electron chi connectivity index (χ1n) is 7.23. The fraction of sp³-hybridized carbons (Fsp3) is 0.625. The second-order valence-electron chi connectivity index (χ2n) is 5.64. The van der Waals surface area contributed by atoms with Crippen molar-refractivity contribution in [1.29, 1.82) is 0 Å². The molecule has 100 valence electrons. The molecule has 1 atom stereocenters. The lowest BCUT2D eigenvalue weighted by Gasteiger charge is -2.27. The van der Waals surface area contributed by atoms with Crippen molar-refractivity contribution >= 4 is 0 Å².